The molecule has 90 valence electrons. The number of methoxy groups -OCH3 is 1. The van der Waals surface area contributed by atoms with E-state index in [9.17, 15) is 0 Å². The van der Waals surface area contributed by atoms with E-state index in [0.29, 0.717) is 18.6 Å². The first-order chi connectivity index (χ1) is 7.69. The average Bonchev–Trinajstić information content (AvgIpc) is 2.89. The first-order valence-electron chi connectivity index (χ1n) is 5.85. The molecule has 1 fully saturated rings. The summed E-state index contributed by atoms with van der Waals surface area (Å²) in [6.45, 7) is 5.15. The van der Waals surface area contributed by atoms with Gasteiger partial charge in [-0.05, 0) is 18.8 Å². The largest absolute Gasteiger partial charge is 0.382 e. The predicted octanol–water partition coefficient (Wildman–Crippen LogP) is 2.39. The highest BCUT2D eigenvalue weighted by Crippen LogP contribution is 2.35. The van der Waals surface area contributed by atoms with Gasteiger partial charge in [0.15, 0.2) is 0 Å². The van der Waals surface area contributed by atoms with Crippen LogP contribution in [-0.4, -0.2) is 24.7 Å². The van der Waals surface area contributed by atoms with Crippen molar-refractivity contribution in [1.29, 1.82) is 0 Å². The Bertz CT molecular complexity index is 322. The predicted molar refractivity (Wildman–Crippen MR) is 66.7 cm³/mol. The van der Waals surface area contributed by atoms with E-state index in [1.54, 1.807) is 18.4 Å². The van der Waals surface area contributed by atoms with Gasteiger partial charge < -0.3 is 10.1 Å². The topological polar surface area (TPSA) is 34.1 Å². The van der Waals surface area contributed by atoms with Gasteiger partial charge in [-0.15, -0.1) is 11.3 Å². The van der Waals surface area contributed by atoms with Crippen LogP contribution in [0.5, 0.6) is 0 Å². The monoisotopic (exact) mass is 240 g/mol. The van der Waals surface area contributed by atoms with Gasteiger partial charge in [0, 0.05) is 24.7 Å². The molecule has 2 rings (SSSR count). The summed E-state index contributed by atoms with van der Waals surface area (Å²) in [5, 5.41) is 6.92. The molecule has 0 bridgehead atoms. The number of hydrogen-bond donors (Lipinski definition) is 1. The number of nitrogens with zero attached hydrogens (tertiary/aromatic N) is 1. The van der Waals surface area contributed by atoms with E-state index in [0.717, 1.165) is 5.01 Å². The standard InChI is InChI=1S/C12H20N2OS/c1-9(2)12(8-15-3,14-10-4-5-10)11-13-6-7-16-11/h6-7,9-10,14H,4-5,8H2,1-3H3. The second-order valence-electron chi connectivity index (χ2n) is 4.81. The van der Waals surface area contributed by atoms with Crippen molar-refractivity contribution in [3.8, 4) is 0 Å². The van der Waals surface area contributed by atoms with Gasteiger partial charge in [0.25, 0.3) is 0 Å². The first kappa shape index (κ1) is 12.0. The van der Waals surface area contributed by atoms with E-state index in [-0.39, 0.29) is 5.54 Å². The minimum atomic E-state index is -0.107. The minimum Gasteiger partial charge on any atom is -0.382 e. The second-order valence-corrected chi connectivity index (χ2v) is 5.71. The molecular formula is C12H20N2OS. The molecule has 16 heavy (non-hydrogen) atoms. The lowest BCUT2D eigenvalue weighted by Gasteiger charge is -2.36. The normalized spacial score (nSPS) is 20.0. The molecule has 1 aliphatic rings. The van der Waals surface area contributed by atoms with Crippen LogP contribution in [0.15, 0.2) is 11.6 Å². The summed E-state index contributed by atoms with van der Waals surface area (Å²) in [5.74, 6) is 0.471. The summed E-state index contributed by atoms with van der Waals surface area (Å²) in [6.07, 6.45) is 4.44. The number of nitrogens with one attached hydrogen (secondary N) is 1. The number of rotatable bonds is 6. The zero-order valence-corrected chi connectivity index (χ0v) is 11.0. The fraction of sp³-hybridized carbons (Fsp3) is 0.750. The van der Waals surface area contributed by atoms with Crippen LogP contribution in [0.25, 0.3) is 0 Å². The molecule has 0 aliphatic heterocycles. The Morgan fingerprint density at radius 3 is 2.81 bits per heavy atom. The SMILES string of the molecule is COCC(NC1CC1)(c1nccs1)C(C)C. The van der Waals surface area contributed by atoms with Crippen LogP contribution in [-0.2, 0) is 10.3 Å². The molecule has 1 heterocycles. The quantitative estimate of drug-likeness (QED) is 0.829. The molecule has 0 spiro atoms. The van der Waals surface area contributed by atoms with E-state index >= 15 is 0 Å². The Kier molecular flexibility index (Phi) is 3.62. The van der Waals surface area contributed by atoms with Gasteiger partial charge in [0.05, 0.1) is 12.1 Å². The molecule has 1 atom stereocenters. The Morgan fingerprint density at radius 2 is 2.38 bits per heavy atom. The summed E-state index contributed by atoms with van der Waals surface area (Å²) in [5.41, 5.74) is -0.107. The van der Waals surface area contributed by atoms with Gasteiger partial charge in [-0.2, -0.15) is 0 Å². The highest BCUT2D eigenvalue weighted by Gasteiger charge is 2.42. The summed E-state index contributed by atoms with van der Waals surface area (Å²) in [4.78, 5) is 4.49. The molecule has 4 heteroatoms. The fourth-order valence-electron chi connectivity index (χ4n) is 2.01. The summed E-state index contributed by atoms with van der Waals surface area (Å²) < 4.78 is 5.43. The molecule has 3 nitrogen and oxygen atoms in total. The maximum absolute atomic E-state index is 5.43. The smallest absolute Gasteiger partial charge is 0.115 e. The number of hydrogen-bond acceptors (Lipinski definition) is 4. The molecule has 0 saturated heterocycles. The molecule has 1 aromatic heterocycles. The van der Waals surface area contributed by atoms with Crippen LogP contribution < -0.4 is 5.32 Å². The van der Waals surface area contributed by atoms with E-state index in [1.165, 1.54) is 12.8 Å². The Balaban J connectivity index is 2.26. The minimum absolute atomic E-state index is 0.107. The third-order valence-corrected chi connectivity index (χ3v) is 4.16. The van der Waals surface area contributed by atoms with Crippen LogP contribution in [0.4, 0.5) is 0 Å². The third-order valence-electron chi connectivity index (χ3n) is 3.21. The lowest BCUT2D eigenvalue weighted by atomic mass is 9.87. The Hall–Kier alpha value is -0.450. The van der Waals surface area contributed by atoms with Gasteiger partial charge >= 0.3 is 0 Å². The van der Waals surface area contributed by atoms with Crippen LogP contribution in [0.1, 0.15) is 31.7 Å². The number of ether oxygens (including phenoxy) is 1. The average molecular weight is 240 g/mol. The Labute approximate surface area is 101 Å². The molecule has 1 saturated carbocycles. The maximum atomic E-state index is 5.43. The highest BCUT2D eigenvalue weighted by molar-refractivity contribution is 7.09. The van der Waals surface area contributed by atoms with Crippen molar-refractivity contribution in [1.82, 2.24) is 10.3 Å². The number of aromatic nitrogens is 1. The molecule has 0 radical (unpaired) electrons. The van der Waals surface area contributed by atoms with Gasteiger partial charge in [0.1, 0.15) is 5.01 Å². The molecule has 0 amide bonds. The van der Waals surface area contributed by atoms with Crippen molar-refractivity contribution < 1.29 is 4.74 Å². The van der Waals surface area contributed by atoms with Crippen molar-refractivity contribution >= 4 is 11.3 Å². The summed E-state index contributed by atoms with van der Waals surface area (Å²) in [6, 6.07) is 0.654. The van der Waals surface area contributed by atoms with Crippen molar-refractivity contribution in [2.75, 3.05) is 13.7 Å². The molecule has 1 aromatic rings. The zero-order chi connectivity index (χ0) is 11.6. The molecular weight excluding hydrogens is 220 g/mol. The van der Waals surface area contributed by atoms with Crippen molar-refractivity contribution in [3.05, 3.63) is 16.6 Å². The van der Waals surface area contributed by atoms with Gasteiger partial charge in [0.2, 0.25) is 0 Å². The van der Waals surface area contributed by atoms with Gasteiger partial charge in [-0.3, -0.25) is 0 Å². The van der Waals surface area contributed by atoms with E-state index in [1.807, 2.05) is 11.6 Å². The number of thiazole rings is 1. The summed E-state index contributed by atoms with van der Waals surface area (Å²) >= 11 is 1.71. The van der Waals surface area contributed by atoms with Crippen molar-refractivity contribution in [2.45, 2.75) is 38.3 Å². The van der Waals surface area contributed by atoms with Crippen LogP contribution in [0.2, 0.25) is 0 Å². The van der Waals surface area contributed by atoms with E-state index in [4.69, 9.17) is 4.74 Å². The van der Waals surface area contributed by atoms with Crippen molar-refractivity contribution in [3.63, 3.8) is 0 Å². The summed E-state index contributed by atoms with van der Waals surface area (Å²) in [7, 11) is 1.76. The van der Waals surface area contributed by atoms with Crippen molar-refractivity contribution in [2.24, 2.45) is 5.92 Å². The third kappa shape index (κ3) is 2.29. The Morgan fingerprint density at radius 1 is 1.62 bits per heavy atom. The van der Waals surface area contributed by atoms with Crippen LogP contribution in [0.3, 0.4) is 0 Å². The second kappa shape index (κ2) is 4.82. The zero-order valence-electron chi connectivity index (χ0n) is 10.2. The maximum Gasteiger partial charge on any atom is 0.115 e. The first-order valence-corrected chi connectivity index (χ1v) is 6.73. The van der Waals surface area contributed by atoms with Gasteiger partial charge in [-0.1, -0.05) is 13.8 Å². The highest BCUT2D eigenvalue weighted by atomic mass is 32.1. The van der Waals surface area contributed by atoms with Crippen LogP contribution >= 0.6 is 11.3 Å². The molecule has 1 N–H and O–H groups in total. The lowest BCUT2D eigenvalue weighted by Crippen LogP contribution is -2.51. The van der Waals surface area contributed by atoms with Gasteiger partial charge in [-0.25, -0.2) is 4.98 Å². The molecule has 1 unspecified atom stereocenters. The molecule has 1 aliphatic carbocycles. The van der Waals surface area contributed by atoms with Crippen LogP contribution in [0, 0.1) is 5.92 Å². The van der Waals surface area contributed by atoms with E-state index in [2.05, 4.69) is 24.1 Å². The molecule has 0 aromatic carbocycles. The fourth-order valence-corrected chi connectivity index (χ4v) is 2.94. The van der Waals surface area contributed by atoms with E-state index < -0.39 is 0 Å². The lowest BCUT2D eigenvalue weighted by molar-refractivity contribution is 0.0745.